The van der Waals surface area contributed by atoms with E-state index in [0.717, 1.165) is 51.1 Å². The predicted molar refractivity (Wildman–Crippen MR) is 97.1 cm³/mol. The van der Waals surface area contributed by atoms with Gasteiger partial charge in [-0.05, 0) is 37.3 Å². The Kier molecular flexibility index (Phi) is 7.73. The standard InChI is InChI=1S/C18H30N4O/c1-19-18(22(2)13-14-23-15-16-9-10-16)21-12-6-11-20-17-7-4-3-5-8-17/h3-5,7-8,16,20H,6,9-15H2,1-2H3,(H,19,21). The highest BCUT2D eigenvalue weighted by Gasteiger charge is 2.21. The molecule has 0 spiro atoms. The van der Waals surface area contributed by atoms with Crippen molar-refractivity contribution in [2.75, 3.05) is 52.3 Å². The Labute approximate surface area is 140 Å². The first-order valence-corrected chi connectivity index (χ1v) is 8.58. The number of anilines is 1. The smallest absolute Gasteiger partial charge is 0.193 e. The number of likely N-dealkylation sites (N-methyl/N-ethyl adjacent to an activating group) is 1. The van der Waals surface area contributed by atoms with Gasteiger partial charge >= 0.3 is 0 Å². The molecule has 1 aliphatic carbocycles. The highest BCUT2D eigenvalue weighted by atomic mass is 16.5. The van der Waals surface area contributed by atoms with Crippen molar-refractivity contribution in [3.05, 3.63) is 30.3 Å². The quantitative estimate of drug-likeness (QED) is 0.395. The molecule has 23 heavy (non-hydrogen) atoms. The van der Waals surface area contributed by atoms with E-state index in [1.807, 2.05) is 25.2 Å². The Bertz CT molecular complexity index is 459. The highest BCUT2D eigenvalue weighted by molar-refractivity contribution is 5.79. The van der Waals surface area contributed by atoms with Crippen LogP contribution in [0.4, 0.5) is 5.69 Å². The maximum absolute atomic E-state index is 5.68. The van der Waals surface area contributed by atoms with Crippen LogP contribution in [0.5, 0.6) is 0 Å². The lowest BCUT2D eigenvalue weighted by atomic mass is 10.3. The molecule has 0 radical (unpaired) electrons. The van der Waals surface area contributed by atoms with Crippen molar-refractivity contribution in [3.8, 4) is 0 Å². The van der Waals surface area contributed by atoms with E-state index < -0.39 is 0 Å². The van der Waals surface area contributed by atoms with Crippen molar-refractivity contribution in [2.45, 2.75) is 19.3 Å². The van der Waals surface area contributed by atoms with Gasteiger partial charge in [0.25, 0.3) is 0 Å². The van der Waals surface area contributed by atoms with Crippen molar-refractivity contribution >= 4 is 11.6 Å². The van der Waals surface area contributed by atoms with E-state index in [9.17, 15) is 0 Å². The number of nitrogens with one attached hydrogen (secondary N) is 2. The van der Waals surface area contributed by atoms with Crippen molar-refractivity contribution in [2.24, 2.45) is 10.9 Å². The molecule has 0 heterocycles. The number of benzene rings is 1. The maximum atomic E-state index is 5.68. The number of aliphatic imine (C=N–C) groups is 1. The summed E-state index contributed by atoms with van der Waals surface area (Å²) in [5.41, 5.74) is 1.17. The van der Waals surface area contributed by atoms with Crippen LogP contribution in [-0.4, -0.2) is 57.8 Å². The zero-order valence-electron chi connectivity index (χ0n) is 14.4. The van der Waals surface area contributed by atoms with Crippen LogP contribution in [0.2, 0.25) is 0 Å². The molecule has 0 amide bonds. The van der Waals surface area contributed by atoms with E-state index in [-0.39, 0.29) is 0 Å². The Morgan fingerprint density at radius 3 is 2.74 bits per heavy atom. The van der Waals surface area contributed by atoms with Gasteiger partial charge in [0.1, 0.15) is 0 Å². The molecule has 5 heteroatoms. The summed E-state index contributed by atoms with van der Waals surface area (Å²) < 4.78 is 5.68. The second-order valence-electron chi connectivity index (χ2n) is 6.06. The minimum Gasteiger partial charge on any atom is -0.385 e. The van der Waals surface area contributed by atoms with Crippen molar-refractivity contribution in [1.29, 1.82) is 0 Å². The fourth-order valence-electron chi connectivity index (χ4n) is 2.30. The fourth-order valence-corrected chi connectivity index (χ4v) is 2.30. The Balaban J connectivity index is 1.52. The number of ether oxygens (including phenoxy) is 1. The van der Waals surface area contributed by atoms with Crippen molar-refractivity contribution in [1.82, 2.24) is 10.2 Å². The van der Waals surface area contributed by atoms with Crippen LogP contribution >= 0.6 is 0 Å². The number of para-hydroxylation sites is 1. The fraction of sp³-hybridized carbons (Fsp3) is 0.611. The predicted octanol–water partition coefficient (Wildman–Crippen LogP) is 2.42. The van der Waals surface area contributed by atoms with Gasteiger partial charge in [-0.15, -0.1) is 0 Å². The third kappa shape index (κ3) is 7.37. The van der Waals surface area contributed by atoms with E-state index in [1.165, 1.54) is 18.5 Å². The Morgan fingerprint density at radius 2 is 2.04 bits per heavy atom. The van der Waals surface area contributed by atoms with Gasteiger partial charge in [-0.25, -0.2) is 0 Å². The van der Waals surface area contributed by atoms with Gasteiger partial charge in [0.15, 0.2) is 5.96 Å². The monoisotopic (exact) mass is 318 g/mol. The lowest BCUT2D eigenvalue weighted by molar-refractivity contribution is 0.115. The molecule has 0 bridgehead atoms. The van der Waals surface area contributed by atoms with E-state index in [4.69, 9.17) is 4.74 Å². The molecular formula is C18H30N4O. The molecular weight excluding hydrogens is 288 g/mol. The summed E-state index contributed by atoms with van der Waals surface area (Å²) in [5.74, 6) is 1.76. The Morgan fingerprint density at radius 1 is 1.26 bits per heavy atom. The SMILES string of the molecule is CN=C(NCCCNc1ccccc1)N(C)CCOCC1CC1. The third-order valence-corrected chi connectivity index (χ3v) is 3.93. The molecule has 5 nitrogen and oxygen atoms in total. The second kappa shape index (κ2) is 10.1. The van der Waals surface area contributed by atoms with Gasteiger partial charge in [0.05, 0.1) is 6.61 Å². The lowest BCUT2D eigenvalue weighted by Gasteiger charge is -2.22. The van der Waals surface area contributed by atoms with Gasteiger partial charge in [0.2, 0.25) is 0 Å². The van der Waals surface area contributed by atoms with Gasteiger partial charge in [0, 0.05) is 46.0 Å². The van der Waals surface area contributed by atoms with E-state index in [1.54, 1.807) is 0 Å². The second-order valence-corrected chi connectivity index (χ2v) is 6.06. The minimum atomic E-state index is 0.767. The molecule has 1 aromatic carbocycles. The molecule has 0 aliphatic heterocycles. The third-order valence-electron chi connectivity index (χ3n) is 3.93. The summed E-state index contributed by atoms with van der Waals surface area (Å²) in [6, 6.07) is 10.3. The van der Waals surface area contributed by atoms with Crippen LogP contribution in [0.3, 0.4) is 0 Å². The lowest BCUT2D eigenvalue weighted by Crippen LogP contribution is -2.41. The summed E-state index contributed by atoms with van der Waals surface area (Å²) in [6.07, 6.45) is 3.73. The molecule has 1 aromatic rings. The normalized spacial score (nSPS) is 14.6. The van der Waals surface area contributed by atoms with Crippen LogP contribution in [0.15, 0.2) is 35.3 Å². The number of nitrogens with zero attached hydrogens (tertiary/aromatic N) is 2. The first-order chi connectivity index (χ1) is 11.3. The molecule has 2 N–H and O–H groups in total. The van der Waals surface area contributed by atoms with Crippen LogP contribution < -0.4 is 10.6 Å². The Hall–Kier alpha value is -1.75. The molecule has 1 fully saturated rings. The van der Waals surface area contributed by atoms with Crippen LogP contribution in [0.1, 0.15) is 19.3 Å². The summed E-state index contributed by atoms with van der Waals surface area (Å²) in [6.45, 7) is 4.41. The molecule has 0 atom stereocenters. The highest BCUT2D eigenvalue weighted by Crippen LogP contribution is 2.28. The zero-order valence-corrected chi connectivity index (χ0v) is 14.4. The van der Waals surface area contributed by atoms with Crippen molar-refractivity contribution < 1.29 is 4.74 Å². The van der Waals surface area contributed by atoms with Crippen LogP contribution in [-0.2, 0) is 4.74 Å². The average Bonchev–Trinajstić information content (AvgIpc) is 3.40. The molecule has 0 unspecified atom stereocenters. The number of hydrogen-bond donors (Lipinski definition) is 2. The summed E-state index contributed by atoms with van der Waals surface area (Å²) >= 11 is 0. The summed E-state index contributed by atoms with van der Waals surface area (Å²) in [4.78, 5) is 6.45. The van der Waals surface area contributed by atoms with Gasteiger partial charge in [-0.3, -0.25) is 4.99 Å². The minimum absolute atomic E-state index is 0.767. The van der Waals surface area contributed by atoms with E-state index >= 15 is 0 Å². The summed E-state index contributed by atoms with van der Waals surface area (Å²) in [7, 11) is 3.88. The average molecular weight is 318 g/mol. The maximum Gasteiger partial charge on any atom is 0.193 e. The van der Waals surface area contributed by atoms with Crippen LogP contribution in [0, 0.1) is 5.92 Å². The molecule has 0 saturated heterocycles. The number of guanidine groups is 1. The van der Waals surface area contributed by atoms with Gasteiger partial charge in [-0.1, -0.05) is 18.2 Å². The summed E-state index contributed by atoms with van der Waals surface area (Å²) in [5, 5.41) is 6.81. The zero-order chi connectivity index (χ0) is 16.3. The van der Waals surface area contributed by atoms with Gasteiger partial charge in [-0.2, -0.15) is 0 Å². The molecule has 2 rings (SSSR count). The van der Waals surface area contributed by atoms with Crippen LogP contribution in [0.25, 0.3) is 0 Å². The van der Waals surface area contributed by atoms with E-state index in [0.29, 0.717) is 0 Å². The van der Waals surface area contributed by atoms with Gasteiger partial charge < -0.3 is 20.3 Å². The largest absolute Gasteiger partial charge is 0.385 e. The first-order valence-electron chi connectivity index (χ1n) is 8.58. The van der Waals surface area contributed by atoms with Crippen molar-refractivity contribution in [3.63, 3.8) is 0 Å². The molecule has 0 aromatic heterocycles. The molecule has 128 valence electrons. The molecule has 1 saturated carbocycles. The topological polar surface area (TPSA) is 48.9 Å². The number of rotatable bonds is 10. The first kappa shape index (κ1) is 17.6. The number of hydrogen-bond acceptors (Lipinski definition) is 3. The molecule has 1 aliphatic rings. The van der Waals surface area contributed by atoms with E-state index in [2.05, 4.69) is 39.7 Å².